The van der Waals surface area contributed by atoms with E-state index in [-0.39, 0.29) is 30.7 Å². The van der Waals surface area contributed by atoms with Crippen LogP contribution in [0.5, 0.6) is 5.75 Å². The zero-order valence-corrected chi connectivity index (χ0v) is 27.2. The van der Waals surface area contributed by atoms with Crippen LogP contribution in [0.25, 0.3) is 0 Å². The number of rotatable bonds is 5. The largest absolute Gasteiger partial charge is 0.505 e. The number of phenols is 1. The Morgan fingerprint density at radius 2 is 1.55 bits per heavy atom. The van der Waals surface area contributed by atoms with E-state index >= 15 is 9.18 Å². The molecule has 4 fully saturated rings. The Balaban J connectivity index is 1.31. The molecule has 8 rings (SSSR count). The van der Waals surface area contributed by atoms with E-state index in [2.05, 4.69) is 5.43 Å². The van der Waals surface area contributed by atoms with Gasteiger partial charge >= 0.3 is 0 Å². The van der Waals surface area contributed by atoms with Crippen LogP contribution in [-0.2, 0) is 24.6 Å². The monoisotopic (exact) mass is 685 g/mol. The highest BCUT2D eigenvalue weighted by atomic mass is 35.5. The maximum Gasteiger partial charge on any atom is 0.260 e. The number of hydrogen-bond acceptors (Lipinski definition) is 6. The van der Waals surface area contributed by atoms with Gasteiger partial charge in [0.2, 0.25) is 11.8 Å². The fourth-order valence-corrected chi connectivity index (χ4v) is 9.58. The Morgan fingerprint density at radius 3 is 2.24 bits per heavy atom. The fraction of sp³-hybridized carbons (Fsp3) is 0.368. The quantitative estimate of drug-likeness (QED) is 0.230. The van der Waals surface area contributed by atoms with Crippen molar-refractivity contribution in [3.8, 4) is 5.75 Å². The third kappa shape index (κ3) is 4.74. The van der Waals surface area contributed by atoms with Crippen LogP contribution in [0, 0.1) is 35.3 Å². The lowest BCUT2D eigenvalue weighted by atomic mass is 9.49. The van der Waals surface area contributed by atoms with E-state index in [4.69, 9.17) is 11.6 Å². The van der Waals surface area contributed by atoms with Crippen LogP contribution < -0.4 is 5.43 Å². The van der Waals surface area contributed by atoms with E-state index in [9.17, 15) is 23.9 Å². The molecule has 5 aliphatic rings. The van der Waals surface area contributed by atoms with Crippen molar-refractivity contribution >= 4 is 40.9 Å². The first-order valence-electron chi connectivity index (χ1n) is 16.8. The summed E-state index contributed by atoms with van der Waals surface area (Å²) < 4.78 is 29.0. The molecule has 2 saturated carbocycles. The summed E-state index contributed by atoms with van der Waals surface area (Å²) in [5.74, 6) is -7.45. The van der Waals surface area contributed by atoms with Gasteiger partial charge in [0, 0.05) is 17.0 Å². The molecule has 11 heteroatoms. The number of fused-ring (bicyclic) bond motifs is 4. The van der Waals surface area contributed by atoms with Crippen molar-refractivity contribution in [1.82, 2.24) is 9.91 Å². The average molecular weight is 686 g/mol. The van der Waals surface area contributed by atoms with Crippen molar-refractivity contribution in [1.29, 1.82) is 0 Å². The number of anilines is 1. The van der Waals surface area contributed by atoms with E-state index in [1.165, 1.54) is 47.4 Å². The molecule has 6 atom stereocenters. The van der Waals surface area contributed by atoms with Crippen molar-refractivity contribution in [2.45, 2.75) is 62.3 Å². The number of nitrogens with one attached hydrogen (secondary N) is 1. The first-order valence-corrected chi connectivity index (χ1v) is 17.2. The zero-order valence-electron chi connectivity index (χ0n) is 26.5. The summed E-state index contributed by atoms with van der Waals surface area (Å²) in [6.07, 6.45) is 6.74. The minimum absolute atomic E-state index is 0.0936. The summed E-state index contributed by atoms with van der Waals surface area (Å²) in [4.78, 5) is 59.5. The fourth-order valence-electron chi connectivity index (χ4n) is 9.46. The molecule has 2 saturated heterocycles. The van der Waals surface area contributed by atoms with Crippen LogP contribution in [0.15, 0.2) is 78.4 Å². The lowest BCUT2D eigenvalue weighted by Crippen LogP contribution is -2.53. The number of carbonyl (C=O) groups excluding carboxylic acids is 4. The topological polar surface area (TPSA) is 107 Å². The minimum atomic E-state index is -1.62. The molecule has 3 aliphatic carbocycles. The SMILES string of the molecule is O=C1[C@@H]2C[C@@H]3C(=CC[C@@H]4C(=O)N(C5CCCCC5)C(=O)[C@@H]43)[C@H](c3ccc(O)c(F)c3)[C@]2(c2ccc(Cl)cc2)C(=O)N1Nc1ccc(F)cc1. The molecule has 252 valence electrons. The van der Waals surface area contributed by atoms with E-state index in [0.29, 0.717) is 27.4 Å². The van der Waals surface area contributed by atoms with Crippen LogP contribution in [-0.4, -0.2) is 44.7 Å². The maximum absolute atomic E-state index is 15.2. The molecule has 2 aliphatic heterocycles. The molecule has 2 N–H and O–H groups in total. The second-order valence-corrected chi connectivity index (χ2v) is 14.4. The molecular formula is C38H34ClF2N3O5. The molecule has 8 nitrogen and oxygen atoms in total. The molecule has 3 aromatic rings. The van der Waals surface area contributed by atoms with Crippen LogP contribution in [0.2, 0.25) is 5.02 Å². The van der Waals surface area contributed by atoms with Crippen LogP contribution >= 0.6 is 11.6 Å². The number of phenolic OH excluding ortho intramolecular Hbond substituents is 1. The second kappa shape index (κ2) is 11.8. The molecule has 3 aromatic carbocycles. The smallest absolute Gasteiger partial charge is 0.260 e. The van der Waals surface area contributed by atoms with Crippen LogP contribution in [0.4, 0.5) is 14.5 Å². The lowest BCUT2D eigenvalue weighted by molar-refractivity contribution is -0.144. The van der Waals surface area contributed by atoms with Gasteiger partial charge in [-0.3, -0.25) is 29.5 Å². The number of aromatic hydroxyl groups is 1. The Bertz CT molecular complexity index is 1910. The number of hydrogen-bond donors (Lipinski definition) is 2. The van der Waals surface area contributed by atoms with Gasteiger partial charge in [-0.25, -0.2) is 8.78 Å². The highest BCUT2D eigenvalue weighted by Gasteiger charge is 2.70. The minimum Gasteiger partial charge on any atom is -0.505 e. The maximum atomic E-state index is 15.2. The third-order valence-corrected chi connectivity index (χ3v) is 11.8. The predicted octanol–water partition coefficient (Wildman–Crippen LogP) is 6.64. The Hall–Kier alpha value is -4.57. The number of benzene rings is 3. The third-order valence-electron chi connectivity index (χ3n) is 11.5. The van der Waals surface area contributed by atoms with Gasteiger partial charge in [0.25, 0.3) is 11.8 Å². The van der Waals surface area contributed by atoms with E-state index in [0.717, 1.165) is 37.1 Å². The van der Waals surface area contributed by atoms with Crippen molar-refractivity contribution in [2.75, 3.05) is 5.43 Å². The number of hydrazine groups is 1. The highest BCUT2D eigenvalue weighted by Crippen LogP contribution is 2.64. The van der Waals surface area contributed by atoms with Crippen molar-refractivity contribution in [2.24, 2.45) is 23.7 Å². The zero-order chi connectivity index (χ0) is 34.2. The Morgan fingerprint density at radius 1 is 0.837 bits per heavy atom. The summed E-state index contributed by atoms with van der Waals surface area (Å²) in [5.41, 5.74) is 3.08. The number of nitrogens with zero attached hydrogens (tertiary/aromatic N) is 2. The molecule has 0 spiro atoms. The van der Waals surface area contributed by atoms with Gasteiger partial charge in [-0.2, -0.15) is 5.01 Å². The summed E-state index contributed by atoms with van der Waals surface area (Å²) in [6, 6.07) is 15.6. The molecule has 0 radical (unpaired) electrons. The van der Waals surface area contributed by atoms with Gasteiger partial charge in [-0.1, -0.05) is 60.7 Å². The first kappa shape index (κ1) is 31.7. The summed E-state index contributed by atoms with van der Waals surface area (Å²) >= 11 is 6.31. The molecule has 0 bridgehead atoms. The van der Waals surface area contributed by atoms with Crippen molar-refractivity contribution in [3.05, 3.63) is 106 Å². The molecule has 0 aromatic heterocycles. The molecule has 0 unspecified atom stereocenters. The Labute approximate surface area is 286 Å². The average Bonchev–Trinajstić information content (AvgIpc) is 3.48. The molecule has 4 amide bonds. The molecule has 49 heavy (non-hydrogen) atoms. The number of imide groups is 2. The van der Waals surface area contributed by atoms with E-state index in [1.54, 1.807) is 24.3 Å². The van der Waals surface area contributed by atoms with E-state index < -0.39 is 64.2 Å². The standard InChI is InChI=1S/C38H34ClF2N3O5/c39-22-9-7-21(8-10-22)38-29(35(47)44(37(38)49)42-24-13-11-23(40)12-14-24)19-28-26(33(38)20-6-17-31(45)30(41)18-20)15-16-27-32(28)36(48)43(34(27)46)25-4-2-1-3-5-25/h6-15,17-18,25,27-29,32-33,42,45H,1-5,16,19H2/t27-,28+,29-,32-,33-,38+/m0/s1. The normalized spacial score (nSPS) is 29.9. The first-order chi connectivity index (χ1) is 23.6. The highest BCUT2D eigenvalue weighted by molar-refractivity contribution is 6.30. The van der Waals surface area contributed by atoms with Gasteiger partial charge in [0.15, 0.2) is 11.6 Å². The van der Waals surface area contributed by atoms with Crippen LogP contribution in [0.3, 0.4) is 0 Å². The summed E-state index contributed by atoms with van der Waals surface area (Å²) in [5, 5.41) is 11.5. The van der Waals surface area contributed by atoms with Gasteiger partial charge in [-0.05, 0) is 91.3 Å². The van der Waals surface area contributed by atoms with Gasteiger partial charge in [0.1, 0.15) is 5.82 Å². The molecule has 2 heterocycles. The molecular weight excluding hydrogens is 652 g/mol. The number of halogens is 3. The van der Waals surface area contributed by atoms with Crippen molar-refractivity contribution < 1.29 is 33.1 Å². The lowest BCUT2D eigenvalue weighted by Gasteiger charge is -2.50. The second-order valence-electron chi connectivity index (χ2n) is 13.9. The van der Waals surface area contributed by atoms with E-state index in [1.807, 2.05) is 6.08 Å². The van der Waals surface area contributed by atoms with Gasteiger partial charge in [0.05, 0.1) is 28.9 Å². The Kier molecular flexibility index (Phi) is 7.62. The summed E-state index contributed by atoms with van der Waals surface area (Å²) in [7, 11) is 0. The van der Waals surface area contributed by atoms with Crippen LogP contribution in [0.1, 0.15) is 62.0 Å². The number of carbonyl (C=O) groups is 4. The number of allylic oxidation sites excluding steroid dienone is 2. The van der Waals surface area contributed by atoms with Gasteiger partial charge < -0.3 is 5.11 Å². The van der Waals surface area contributed by atoms with Crippen molar-refractivity contribution in [3.63, 3.8) is 0 Å². The predicted molar refractivity (Wildman–Crippen MR) is 176 cm³/mol. The number of likely N-dealkylation sites (tertiary alicyclic amines) is 1. The summed E-state index contributed by atoms with van der Waals surface area (Å²) in [6.45, 7) is 0. The number of amides is 4. The van der Waals surface area contributed by atoms with Gasteiger partial charge in [-0.15, -0.1) is 0 Å².